The Morgan fingerprint density at radius 1 is 1.24 bits per heavy atom. The number of rotatable bonds is 8. The number of carbonyl (C=O) groups is 1. The summed E-state index contributed by atoms with van der Waals surface area (Å²) in [6.07, 6.45) is -4.48. The Morgan fingerprint density at radius 2 is 1.97 bits per heavy atom. The highest BCUT2D eigenvalue weighted by molar-refractivity contribution is 5.94. The van der Waals surface area contributed by atoms with Crippen LogP contribution < -0.4 is 10.6 Å². The molecule has 3 rings (SSSR count). The van der Waals surface area contributed by atoms with E-state index in [-0.39, 0.29) is 16.9 Å². The van der Waals surface area contributed by atoms with Crippen molar-refractivity contribution in [3.05, 3.63) is 40.8 Å². The van der Waals surface area contributed by atoms with Crippen molar-refractivity contribution in [3.63, 3.8) is 0 Å². The summed E-state index contributed by atoms with van der Waals surface area (Å²) in [6, 6.07) is 7.18. The van der Waals surface area contributed by atoms with Gasteiger partial charge in [-0.25, -0.2) is 4.79 Å². The number of ether oxygens (including phenoxy) is 1. The van der Waals surface area contributed by atoms with Crippen LogP contribution in [0, 0.1) is 0 Å². The van der Waals surface area contributed by atoms with Crippen molar-refractivity contribution in [1.29, 1.82) is 0 Å². The molecule has 1 fully saturated rings. The minimum atomic E-state index is -3.47. The molecule has 0 spiro atoms. The number of carbonyl (C=O) groups excluding carboxylic acids is 1. The first-order chi connectivity index (χ1) is 18.6. The van der Waals surface area contributed by atoms with Gasteiger partial charge >= 0.3 is 5.69 Å². The van der Waals surface area contributed by atoms with Crippen LogP contribution in [0.3, 0.4) is 0 Å². The number of piperidine rings is 1. The number of nitrogens with zero attached hydrogens (tertiary/aromatic N) is 6. The van der Waals surface area contributed by atoms with E-state index in [0.717, 1.165) is 9.58 Å². The molecule has 0 bridgehead atoms. The number of likely N-dealkylation sites (tertiary alicyclic amines) is 1. The molecule has 1 saturated heterocycles. The fraction of sp³-hybridized carbons (Fsp3) is 0.600. The number of hydrogen-bond acceptors (Lipinski definition) is 6. The first-order valence-electron chi connectivity index (χ1n) is 15.0. The molecule has 1 aliphatic rings. The molecule has 1 aromatic carbocycles. The molecule has 1 aromatic heterocycles. The van der Waals surface area contributed by atoms with Gasteiger partial charge in [-0.1, -0.05) is 25.1 Å². The molecule has 1 amide bonds. The van der Waals surface area contributed by atoms with Gasteiger partial charge in [0.25, 0.3) is 0 Å². The lowest BCUT2D eigenvalue weighted by molar-refractivity contribution is -0.128. The predicted molar refractivity (Wildman–Crippen MR) is 110 cm³/mol. The topological polar surface area (TPSA) is 85.5 Å². The van der Waals surface area contributed by atoms with Gasteiger partial charge in [0.1, 0.15) is 5.72 Å². The molecule has 158 valence electrons. The Hall–Kier alpha value is -2.52. The van der Waals surface area contributed by atoms with E-state index in [4.69, 9.17) is 21.2 Å². The summed E-state index contributed by atoms with van der Waals surface area (Å²) < 4.78 is 103. The van der Waals surface area contributed by atoms with Crippen LogP contribution in [0.2, 0.25) is 0 Å². The lowest BCUT2D eigenvalue weighted by atomic mass is 9.96. The summed E-state index contributed by atoms with van der Waals surface area (Å²) in [5.74, 6) is -1.59. The van der Waals surface area contributed by atoms with Gasteiger partial charge in [-0.05, 0) is 29.5 Å². The van der Waals surface area contributed by atoms with E-state index < -0.39 is 76.5 Å². The third kappa shape index (κ3) is 4.40. The fourth-order valence-electron chi connectivity index (χ4n) is 3.17. The summed E-state index contributed by atoms with van der Waals surface area (Å²) in [5.41, 5.74) is -3.25. The average Bonchev–Trinajstić information content (AvgIpc) is 3.24. The molecular weight excluding hydrogens is 372 g/mol. The fourth-order valence-corrected chi connectivity index (χ4v) is 3.17. The number of methoxy groups -OCH3 is 1. The van der Waals surface area contributed by atoms with Crippen LogP contribution in [0.5, 0.6) is 0 Å². The van der Waals surface area contributed by atoms with E-state index in [2.05, 4.69) is 10.4 Å². The van der Waals surface area contributed by atoms with Crippen LogP contribution in [0.15, 0.2) is 35.1 Å². The third-order valence-electron chi connectivity index (χ3n) is 4.72. The van der Waals surface area contributed by atoms with Crippen LogP contribution >= 0.6 is 0 Å². The highest BCUT2D eigenvalue weighted by Crippen LogP contribution is 2.34. The summed E-state index contributed by atoms with van der Waals surface area (Å²) >= 11 is 0. The van der Waals surface area contributed by atoms with Crippen LogP contribution in [-0.4, -0.2) is 62.9 Å². The van der Waals surface area contributed by atoms with E-state index in [0.29, 0.717) is 4.90 Å². The summed E-state index contributed by atoms with van der Waals surface area (Å²) in [5, 5.41) is 6.99. The van der Waals surface area contributed by atoms with Crippen molar-refractivity contribution >= 4 is 11.6 Å². The minimum Gasteiger partial charge on any atom is -0.358 e. The average molecular weight is 415 g/mol. The second-order valence-electron chi connectivity index (χ2n) is 6.35. The summed E-state index contributed by atoms with van der Waals surface area (Å²) in [4.78, 5) is 27.7. The number of benzene rings is 1. The second kappa shape index (κ2) is 9.32. The van der Waals surface area contributed by atoms with Gasteiger partial charge in [0.2, 0.25) is 5.91 Å². The van der Waals surface area contributed by atoms with E-state index in [9.17, 15) is 9.59 Å². The molecule has 0 N–H and O–H groups in total. The molecule has 0 aliphatic carbocycles. The standard InChI is InChI=1S/C20H30N6O3/c1-4-18(27)26(17-9-7-6-8-10-17)20(29-3)11-13-23(14-12-20)15-16-25-19(28)24(5-2)21-22-25/h6-10H,4-5,11-16H2,1-3H3/i1D3,3D3,4D2,15D2,16D2. The maximum Gasteiger partial charge on any atom is 0.363 e. The van der Waals surface area contributed by atoms with Crippen LogP contribution in [0.1, 0.15) is 49.4 Å². The Kier molecular flexibility index (Phi) is 3.37. The smallest absolute Gasteiger partial charge is 0.358 e. The van der Waals surface area contributed by atoms with Gasteiger partial charge < -0.3 is 9.64 Å². The molecule has 0 radical (unpaired) electrons. The van der Waals surface area contributed by atoms with E-state index in [1.165, 1.54) is 24.3 Å². The quantitative estimate of drug-likeness (QED) is 0.606. The molecule has 0 saturated carbocycles. The minimum absolute atomic E-state index is 0.0592. The number of para-hydroxylation sites is 1. The maximum absolute atomic E-state index is 13.6. The lowest BCUT2D eigenvalue weighted by Gasteiger charge is -2.47. The van der Waals surface area contributed by atoms with Gasteiger partial charge in [-0.2, -0.15) is 9.36 Å². The highest BCUT2D eigenvalue weighted by atomic mass is 16.5. The molecule has 9 heteroatoms. The molecule has 29 heavy (non-hydrogen) atoms. The molecule has 1 aliphatic heterocycles. The maximum atomic E-state index is 13.6. The van der Waals surface area contributed by atoms with E-state index in [1.54, 1.807) is 13.0 Å². The monoisotopic (exact) mass is 414 g/mol. The second-order valence-corrected chi connectivity index (χ2v) is 6.35. The third-order valence-corrected chi connectivity index (χ3v) is 4.72. The molecule has 2 aromatic rings. The lowest BCUT2D eigenvalue weighted by Crippen LogP contribution is -2.59. The zero-order valence-corrected chi connectivity index (χ0v) is 15.8. The first-order valence-corrected chi connectivity index (χ1v) is 9.01. The predicted octanol–water partition coefficient (Wildman–Crippen LogP) is 1.34. The molecule has 0 unspecified atom stereocenters. The Labute approximate surface area is 187 Å². The van der Waals surface area contributed by atoms with E-state index in [1.807, 2.05) is 0 Å². The molecule has 2 heterocycles. The van der Waals surface area contributed by atoms with Gasteiger partial charge in [0.05, 0.1) is 13.4 Å². The molecule has 0 atom stereocenters. The van der Waals surface area contributed by atoms with Crippen molar-refractivity contribution in [3.8, 4) is 0 Å². The van der Waals surface area contributed by atoms with Crippen LogP contribution in [-0.2, 0) is 22.6 Å². The van der Waals surface area contributed by atoms with Crippen molar-refractivity contribution < 1.29 is 26.0 Å². The summed E-state index contributed by atoms with van der Waals surface area (Å²) in [6.45, 7) is -8.70. The van der Waals surface area contributed by atoms with Gasteiger partial charge in [-0.15, -0.1) is 0 Å². The Balaban J connectivity index is 2.07. The number of aromatic nitrogens is 4. The van der Waals surface area contributed by atoms with Gasteiger partial charge in [-0.3, -0.25) is 9.69 Å². The van der Waals surface area contributed by atoms with Gasteiger partial charge in [0.15, 0.2) is 0 Å². The highest BCUT2D eigenvalue weighted by Gasteiger charge is 2.43. The van der Waals surface area contributed by atoms with Crippen LogP contribution in [0.4, 0.5) is 5.69 Å². The van der Waals surface area contributed by atoms with Crippen molar-refractivity contribution in [2.45, 2.75) is 51.8 Å². The summed E-state index contributed by atoms with van der Waals surface area (Å²) in [7, 11) is -3.16. The Morgan fingerprint density at radius 3 is 2.59 bits per heavy atom. The zero-order valence-electron chi connectivity index (χ0n) is 27.8. The van der Waals surface area contributed by atoms with Gasteiger partial charge in [0, 0.05) is 67.7 Å². The zero-order chi connectivity index (χ0) is 31.2. The number of aryl methyl sites for hydroxylation is 2. The van der Waals surface area contributed by atoms with E-state index >= 15 is 0 Å². The number of anilines is 1. The number of amides is 1. The first kappa shape index (κ1) is 10.5. The SMILES string of the molecule is [2H]C([2H])([2H])OC1(N(C(=O)C([2H])([2H])C([2H])([2H])[2H])c2ccccc2)CCN(C([2H])([2H])C([2H])([2H])n2nnn(CC)c2=O)CC1. The number of hydrogen-bond donors (Lipinski definition) is 0. The van der Waals surface area contributed by atoms with Crippen molar-refractivity contribution in [1.82, 2.24) is 24.7 Å². The van der Waals surface area contributed by atoms with Crippen molar-refractivity contribution in [2.24, 2.45) is 0 Å². The normalized spacial score (nSPS) is 25.1. The Bertz CT molecular complexity index is 1280. The molecular formula is C20H30N6O3. The largest absolute Gasteiger partial charge is 0.363 e. The number of tetrazole rings is 1. The molecule has 9 nitrogen and oxygen atoms in total. The van der Waals surface area contributed by atoms with Crippen molar-refractivity contribution in [2.75, 3.05) is 31.5 Å². The van der Waals surface area contributed by atoms with Crippen LogP contribution in [0.25, 0.3) is 0 Å².